The van der Waals surface area contributed by atoms with Crippen LogP contribution < -0.4 is 11.6 Å². The Balaban J connectivity index is 3.70. The van der Waals surface area contributed by atoms with Gasteiger partial charge in [-0.05, 0) is 13.3 Å². The summed E-state index contributed by atoms with van der Waals surface area (Å²) in [5.41, 5.74) is 4.63. The summed E-state index contributed by atoms with van der Waals surface area (Å²) in [6, 6.07) is 0. The fourth-order valence-corrected chi connectivity index (χ4v) is 1.11. The van der Waals surface area contributed by atoms with Crippen molar-refractivity contribution in [3.05, 3.63) is 0 Å². The maximum atomic E-state index is 9.50. The Morgan fingerprint density at radius 3 is 2.64 bits per heavy atom. The average Bonchev–Trinajstić information content (AvgIpc) is 2.00. The van der Waals surface area contributed by atoms with Crippen LogP contribution in [-0.4, -0.2) is 21.6 Å². The lowest BCUT2D eigenvalue weighted by Gasteiger charge is -2.19. The summed E-state index contributed by atoms with van der Waals surface area (Å²) in [6.07, 6.45) is 0.692. The highest BCUT2D eigenvalue weighted by atomic mass is 32.2. The first-order chi connectivity index (χ1) is 5.02. The van der Waals surface area contributed by atoms with Gasteiger partial charge < -0.3 is 16.7 Å². The molecule has 0 heterocycles. The quantitative estimate of drug-likeness (QED) is 0.246. The van der Waals surface area contributed by atoms with Gasteiger partial charge in [-0.25, -0.2) is 0 Å². The molecule has 0 fully saturated rings. The number of nitrogens with zero attached hydrogens (tertiary/aromatic N) is 1. The van der Waals surface area contributed by atoms with Crippen LogP contribution in [0, 0.1) is 0 Å². The Bertz CT molecular complexity index is 147. The number of aliphatic hydroxyl groups is 1. The molecule has 0 aromatic heterocycles. The van der Waals surface area contributed by atoms with Crippen LogP contribution >= 0.6 is 11.8 Å². The lowest BCUT2D eigenvalue weighted by atomic mass is 10.1. The van der Waals surface area contributed by atoms with Crippen molar-refractivity contribution in [3.8, 4) is 0 Å². The van der Waals surface area contributed by atoms with E-state index in [2.05, 4.69) is 5.10 Å². The molecule has 0 radical (unpaired) electrons. The van der Waals surface area contributed by atoms with E-state index in [-0.39, 0.29) is 0 Å². The first kappa shape index (κ1) is 10.6. The highest BCUT2D eigenvalue weighted by Crippen LogP contribution is 2.15. The molecule has 0 spiro atoms. The number of hydrogen-bond donors (Lipinski definition) is 3. The molecule has 1 unspecified atom stereocenters. The second-order valence-electron chi connectivity index (χ2n) is 2.61. The zero-order valence-electron chi connectivity index (χ0n) is 6.87. The van der Waals surface area contributed by atoms with Crippen LogP contribution in [0.2, 0.25) is 0 Å². The van der Waals surface area contributed by atoms with Gasteiger partial charge in [0.25, 0.3) is 0 Å². The SMILES string of the molecule is CCC(C)(O)CSC(N)=NN. The fraction of sp³-hybridized carbons (Fsp3) is 0.833. The van der Waals surface area contributed by atoms with Crippen LogP contribution in [0.3, 0.4) is 0 Å². The third kappa shape index (κ3) is 4.92. The maximum Gasteiger partial charge on any atom is 0.177 e. The first-order valence-electron chi connectivity index (χ1n) is 3.40. The summed E-state index contributed by atoms with van der Waals surface area (Å²) in [5, 5.41) is 13.1. The molecular weight excluding hydrogens is 162 g/mol. The number of nitrogens with two attached hydrogens (primary N) is 2. The molecule has 11 heavy (non-hydrogen) atoms. The highest BCUT2D eigenvalue weighted by Gasteiger charge is 2.17. The van der Waals surface area contributed by atoms with Crippen molar-refractivity contribution >= 4 is 16.9 Å². The molecule has 5 heteroatoms. The molecular formula is C6H15N3OS. The minimum atomic E-state index is -0.681. The van der Waals surface area contributed by atoms with Crippen LogP contribution in [0.15, 0.2) is 5.10 Å². The normalized spacial score (nSPS) is 17.9. The first-order valence-corrected chi connectivity index (χ1v) is 4.39. The number of hydrogen-bond acceptors (Lipinski definition) is 4. The zero-order chi connectivity index (χ0) is 8.91. The molecule has 1 atom stereocenters. The molecule has 66 valence electrons. The van der Waals surface area contributed by atoms with Crippen LogP contribution in [0.1, 0.15) is 20.3 Å². The van der Waals surface area contributed by atoms with Crippen LogP contribution in [-0.2, 0) is 0 Å². The number of thioether (sulfide) groups is 1. The topological polar surface area (TPSA) is 84.6 Å². The Hall–Kier alpha value is -0.420. The second kappa shape index (κ2) is 4.46. The molecule has 4 nitrogen and oxygen atoms in total. The van der Waals surface area contributed by atoms with Crippen molar-refractivity contribution in [2.24, 2.45) is 16.7 Å². The summed E-state index contributed by atoms with van der Waals surface area (Å²) in [4.78, 5) is 0. The van der Waals surface area contributed by atoms with Gasteiger partial charge in [-0.1, -0.05) is 18.7 Å². The van der Waals surface area contributed by atoms with E-state index in [4.69, 9.17) is 11.6 Å². The predicted octanol–water partition coefficient (Wildman–Crippen LogP) is 0.0690. The number of rotatable bonds is 3. The van der Waals surface area contributed by atoms with Crippen molar-refractivity contribution in [3.63, 3.8) is 0 Å². The van der Waals surface area contributed by atoms with E-state index in [9.17, 15) is 5.11 Å². The lowest BCUT2D eigenvalue weighted by Crippen LogP contribution is -2.28. The number of amidine groups is 1. The standard InChI is InChI=1S/C6H15N3OS/c1-3-6(2,10)4-11-5(7)9-8/h10H,3-4,8H2,1-2H3,(H2,7,9). The Labute approximate surface area is 71.0 Å². The van der Waals surface area contributed by atoms with E-state index in [1.807, 2.05) is 6.92 Å². The fourth-order valence-electron chi connectivity index (χ4n) is 0.369. The van der Waals surface area contributed by atoms with Crippen LogP contribution in [0.4, 0.5) is 0 Å². The summed E-state index contributed by atoms with van der Waals surface area (Å²) in [6.45, 7) is 3.67. The van der Waals surface area contributed by atoms with Crippen molar-refractivity contribution in [2.45, 2.75) is 25.9 Å². The number of hydrazone groups is 1. The molecule has 0 saturated heterocycles. The largest absolute Gasteiger partial charge is 0.389 e. The molecule has 0 bridgehead atoms. The minimum absolute atomic E-state index is 0.304. The van der Waals surface area contributed by atoms with Crippen LogP contribution in [0.25, 0.3) is 0 Å². The van der Waals surface area contributed by atoms with Gasteiger partial charge in [0.2, 0.25) is 0 Å². The van der Waals surface area contributed by atoms with E-state index in [1.54, 1.807) is 6.92 Å². The van der Waals surface area contributed by atoms with Crippen molar-refractivity contribution in [1.82, 2.24) is 0 Å². The zero-order valence-corrected chi connectivity index (χ0v) is 7.69. The summed E-state index contributed by atoms with van der Waals surface area (Å²) < 4.78 is 0. The predicted molar refractivity (Wildman–Crippen MR) is 49.2 cm³/mol. The molecule has 0 amide bonds. The third-order valence-electron chi connectivity index (χ3n) is 1.42. The van der Waals surface area contributed by atoms with E-state index in [0.717, 1.165) is 0 Å². The van der Waals surface area contributed by atoms with Gasteiger partial charge in [-0.15, -0.1) is 0 Å². The molecule has 0 aromatic carbocycles. The van der Waals surface area contributed by atoms with E-state index in [1.165, 1.54) is 11.8 Å². The maximum absolute atomic E-state index is 9.50. The van der Waals surface area contributed by atoms with Gasteiger partial charge in [0.15, 0.2) is 5.17 Å². The van der Waals surface area contributed by atoms with Crippen LogP contribution in [0.5, 0.6) is 0 Å². The molecule has 5 N–H and O–H groups in total. The Morgan fingerprint density at radius 1 is 1.73 bits per heavy atom. The third-order valence-corrected chi connectivity index (χ3v) is 2.59. The summed E-state index contributed by atoms with van der Waals surface area (Å²) in [7, 11) is 0. The smallest absolute Gasteiger partial charge is 0.177 e. The van der Waals surface area contributed by atoms with Crippen molar-refractivity contribution in [1.29, 1.82) is 0 Å². The van der Waals surface area contributed by atoms with Crippen molar-refractivity contribution in [2.75, 3.05) is 5.75 Å². The van der Waals surface area contributed by atoms with Gasteiger partial charge in [0, 0.05) is 5.75 Å². The van der Waals surface area contributed by atoms with E-state index < -0.39 is 5.60 Å². The molecule has 0 saturated carbocycles. The Kier molecular flexibility index (Phi) is 4.29. The summed E-state index contributed by atoms with van der Waals surface area (Å²) >= 11 is 1.26. The second-order valence-corrected chi connectivity index (χ2v) is 3.60. The van der Waals surface area contributed by atoms with Gasteiger partial charge >= 0.3 is 0 Å². The van der Waals surface area contributed by atoms with Crippen molar-refractivity contribution < 1.29 is 5.11 Å². The molecule has 0 aliphatic carbocycles. The minimum Gasteiger partial charge on any atom is -0.389 e. The van der Waals surface area contributed by atoms with Gasteiger partial charge in [0.05, 0.1) is 5.60 Å². The highest BCUT2D eigenvalue weighted by molar-refractivity contribution is 8.13. The molecule has 0 rings (SSSR count). The monoisotopic (exact) mass is 177 g/mol. The van der Waals surface area contributed by atoms with Gasteiger partial charge in [-0.3, -0.25) is 0 Å². The van der Waals surface area contributed by atoms with Gasteiger partial charge in [0.1, 0.15) is 0 Å². The summed E-state index contributed by atoms with van der Waals surface area (Å²) in [5.74, 6) is 5.43. The van der Waals surface area contributed by atoms with E-state index >= 15 is 0 Å². The molecule has 0 aromatic rings. The van der Waals surface area contributed by atoms with E-state index in [0.29, 0.717) is 17.3 Å². The lowest BCUT2D eigenvalue weighted by molar-refractivity contribution is 0.0818. The molecule has 0 aliphatic rings. The Morgan fingerprint density at radius 2 is 2.27 bits per heavy atom. The van der Waals surface area contributed by atoms with Gasteiger partial charge in [-0.2, -0.15) is 5.10 Å². The molecule has 0 aliphatic heterocycles. The average molecular weight is 177 g/mol.